The Morgan fingerprint density at radius 2 is 1.56 bits per heavy atom. The predicted molar refractivity (Wildman–Crippen MR) is 111 cm³/mol. The Hall–Kier alpha value is -3.47. The molecule has 134 valence electrons. The number of pyridine rings is 1. The van der Waals surface area contributed by atoms with Crippen LogP contribution in [-0.4, -0.2) is 15.0 Å². The number of rotatable bonds is 5. The van der Waals surface area contributed by atoms with Crippen LogP contribution < -0.4 is 10.6 Å². The maximum atomic E-state index is 4.61. The highest BCUT2D eigenvalue weighted by molar-refractivity contribution is 5.91. The van der Waals surface area contributed by atoms with Gasteiger partial charge in [-0.2, -0.15) is 4.98 Å². The minimum atomic E-state index is 0.414. The summed E-state index contributed by atoms with van der Waals surface area (Å²) in [6.45, 7) is 4.35. The lowest BCUT2D eigenvalue weighted by Gasteiger charge is -2.14. The van der Waals surface area contributed by atoms with Gasteiger partial charge in [-0.25, -0.2) is 4.98 Å². The molecule has 4 aromatic rings. The number of hydrogen-bond donors (Lipinski definition) is 2. The zero-order chi connectivity index (χ0) is 18.6. The van der Waals surface area contributed by atoms with Crippen LogP contribution in [0.5, 0.6) is 0 Å². The molecule has 4 rings (SSSR count). The molecule has 0 aliphatic carbocycles. The molecule has 0 bridgehead atoms. The van der Waals surface area contributed by atoms with Gasteiger partial charge in [-0.05, 0) is 35.7 Å². The Labute approximate surface area is 158 Å². The van der Waals surface area contributed by atoms with Crippen molar-refractivity contribution >= 4 is 34.0 Å². The third-order valence-corrected chi connectivity index (χ3v) is 4.38. The fourth-order valence-electron chi connectivity index (χ4n) is 3.07. The van der Waals surface area contributed by atoms with Gasteiger partial charge in [0.25, 0.3) is 0 Å². The third kappa shape index (κ3) is 3.72. The molecule has 2 N–H and O–H groups in total. The van der Waals surface area contributed by atoms with E-state index in [1.165, 1.54) is 5.56 Å². The number of nitrogens with zero attached hydrogens (tertiary/aromatic N) is 3. The van der Waals surface area contributed by atoms with Gasteiger partial charge in [-0.15, -0.1) is 0 Å². The lowest BCUT2D eigenvalue weighted by molar-refractivity contribution is 0.868. The molecule has 0 spiro atoms. The van der Waals surface area contributed by atoms with Crippen LogP contribution in [0, 0.1) is 0 Å². The van der Waals surface area contributed by atoms with Crippen LogP contribution in [0.1, 0.15) is 25.3 Å². The first-order valence-corrected chi connectivity index (χ1v) is 9.00. The maximum absolute atomic E-state index is 4.61. The Kier molecular flexibility index (Phi) is 4.66. The van der Waals surface area contributed by atoms with Gasteiger partial charge in [0.2, 0.25) is 5.95 Å². The first kappa shape index (κ1) is 17.0. The highest BCUT2D eigenvalue weighted by Gasteiger charge is 2.08. The van der Waals surface area contributed by atoms with Crippen LogP contribution in [0.2, 0.25) is 0 Å². The Bertz CT molecular complexity index is 1070. The summed E-state index contributed by atoms with van der Waals surface area (Å²) in [6.07, 6.45) is 3.54. The van der Waals surface area contributed by atoms with Crippen molar-refractivity contribution in [3.05, 3.63) is 78.6 Å². The Balaban J connectivity index is 1.62. The van der Waals surface area contributed by atoms with Crippen LogP contribution >= 0.6 is 0 Å². The second kappa shape index (κ2) is 7.41. The van der Waals surface area contributed by atoms with Gasteiger partial charge < -0.3 is 10.6 Å². The molecule has 5 nitrogen and oxygen atoms in total. The van der Waals surface area contributed by atoms with Gasteiger partial charge >= 0.3 is 0 Å². The summed E-state index contributed by atoms with van der Waals surface area (Å²) in [6, 6.07) is 20.1. The average molecular weight is 355 g/mol. The quantitative estimate of drug-likeness (QED) is 0.485. The lowest BCUT2D eigenvalue weighted by Crippen LogP contribution is -2.03. The summed E-state index contributed by atoms with van der Waals surface area (Å²) >= 11 is 0. The van der Waals surface area contributed by atoms with Gasteiger partial charge in [0.1, 0.15) is 5.82 Å². The van der Waals surface area contributed by atoms with Crippen molar-refractivity contribution in [2.75, 3.05) is 10.6 Å². The lowest BCUT2D eigenvalue weighted by atomic mass is 10.0. The summed E-state index contributed by atoms with van der Waals surface area (Å²) in [5, 5.41) is 7.78. The van der Waals surface area contributed by atoms with E-state index in [1.807, 2.05) is 54.6 Å². The van der Waals surface area contributed by atoms with E-state index in [0.29, 0.717) is 17.7 Å². The molecular weight excluding hydrogens is 334 g/mol. The van der Waals surface area contributed by atoms with Crippen molar-refractivity contribution < 1.29 is 0 Å². The Morgan fingerprint density at radius 3 is 2.44 bits per heavy atom. The van der Waals surface area contributed by atoms with Crippen LogP contribution in [0.3, 0.4) is 0 Å². The molecule has 0 atom stereocenters. The fourth-order valence-corrected chi connectivity index (χ4v) is 3.07. The summed E-state index contributed by atoms with van der Waals surface area (Å²) in [5.74, 6) is 1.69. The minimum absolute atomic E-state index is 0.414. The monoisotopic (exact) mass is 355 g/mol. The molecule has 2 aromatic carbocycles. The van der Waals surface area contributed by atoms with Crippen LogP contribution in [0.25, 0.3) is 10.9 Å². The molecule has 0 fully saturated rings. The van der Waals surface area contributed by atoms with E-state index in [9.17, 15) is 0 Å². The second-order valence-corrected chi connectivity index (χ2v) is 6.64. The zero-order valence-electron chi connectivity index (χ0n) is 15.3. The molecule has 0 saturated heterocycles. The zero-order valence-corrected chi connectivity index (χ0v) is 15.3. The molecule has 0 amide bonds. The van der Waals surface area contributed by atoms with E-state index < -0.39 is 0 Å². The molecule has 0 saturated carbocycles. The summed E-state index contributed by atoms with van der Waals surface area (Å²) in [7, 11) is 0. The third-order valence-electron chi connectivity index (χ3n) is 4.38. The molecule has 27 heavy (non-hydrogen) atoms. The first-order valence-electron chi connectivity index (χ1n) is 9.00. The molecule has 0 aliphatic heterocycles. The summed E-state index contributed by atoms with van der Waals surface area (Å²) in [4.78, 5) is 13.4. The van der Waals surface area contributed by atoms with E-state index in [-0.39, 0.29) is 0 Å². The normalized spacial score (nSPS) is 10.9. The SMILES string of the molecule is CC(C)c1ccccc1Nc1nccc(Nc2cccc3cccnc23)n1. The van der Waals surface area contributed by atoms with E-state index in [1.54, 1.807) is 12.4 Å². The minimum Gasteiger partial charge on any atom is -0.338 e. The van der Waals surface area contributed by atoms with E-state index in [4.69, 9.17) is 0 Å². The molecule has 0 unspecified atom stereocenters. The van der Waals surface area contributed by atoms with Gasteiger partial charge in [0.05, 0.1) is 11.2 Å². The molecule has 2 aromatic heterocycles. The van der Waals surface area contributed by atoms with Crippen LogP contribution in [0.15, 0.2) is 73.1 Å². The summed E-state index contributed by atoms with van der Waals surface area (Å²) < 4.78 is 0. The van der Waals surface area contributed by atoms with Gasteiger partial charge in [-0.3, -0.25) is 4.98 Å². The maximum Gasteiger partial charge on any atom is 0.229 e. The fraction of sp³-hybridized carbons (Fsp3) is 0.136. The van der Waals surface area contributed by atoms with Crippen molar-refractivity contribution in [3.63, 3.8) is 0 Å². The van der Waals surface area contributed by atoms with E-state index in [0.717, 1.165) is 22.3 Å². The number of anilines is 4. The highest BCUT2D eigenvalue weighted by Crippen LogP contribution is 2.27. The van der Waals surface area contributed by atoms with E-state index >= 15 is 0 Å². The summed E-state index contributed by atoms with van der Waals surface area (Å²) in [5.41, 5.74) is 4.09. The molecule has 0 aliphatic rings. The largest absolute Gasteiger partial charge is 0.338 e. The van der Waals surface area contributed by atoms with Crippen molar-refractivity contribution in [3.8, 4) is 0 Å². The number of fused-ring (bicyclic) bond motifs is 1. The standard InChI is InChI=1S/C22H21N5/c1-15(2)17-9-3-4-10-18(17)26-22-24-14-12-20(27-22)25-19-11-5-7-16-8-6-13-23-21(16)19/h3-15H,1-2H3,(H2,24,25,26,27). The smallest absolute Gasteiger partial charge is 0.229 e. The van der Waals surface area contributed by atoms with Gasteiger partial charge in [0, 0.05) is 23.5 Å². The van der Waals surface area contributed by atoms with Crippen LogP contribution in [0.4, 0.5) is 23.1 Å². The molecular formula is C22H21N5. The topological polar surface area (TPSA) is 62.7 Å². The predicted octanol–water partition coefficient (Wildman–Crippen LogP) is 5.64. The number of para-hydroxylation sites is 2. The molecule has 5 heteroatoms. The van der Waals surface area contributed by atoms with Crippen LogP contribution in [-0.2, 0) is 0 Å². The van der Waals surface area contributed by atoms with E-state index in [2.05, 4.69) is 45.5 Å². The average Bonchev–Trinajstić information content (AvgIpc) is 2.69. The second-order valence-electron chi connectivity index (χ2n) is 6.64. The van der Waals surface area contributed by atoms with Crippen molar-refractivity contribution in [2.45, 2.75) is 19.8 Å². The Morgan fingerprint density at radius 1 is 0.741 bits per heavy atom. The number of hydrogen-bond acceptors (Lipinski definition) is 5. The van der Waals surface area contributed by atoms with Gasteiger partial charge in [-0.1, -0.05) is 50.2 Å². The van der Waals surface area contributed by atoms with Crippen molar-refractivity contribution in [1.82, 2.24) is 15.0 Å². The number of aromatic nitrogens is 3. The van der Waals surface area contributed by atoms with Crippen molar-refractivity contribution in [2.24, 2.45) is 0 Å². The number of nitrogens with one attached hydrogen (secondary N) is 2. The highest BCUT2D eigenvalue weighted by atomic mass is 15.1. The number of benzene rings is 2. The molecule has 2 heterocycles. The first-order chi connectivity index (χ1) is 13.2. The van der Waals surface area contributed by atoms with Gasteiger partial charge in [0.15, 0.2) is 0 Å². The molecule has 0 radical (unpaired) electrons. The van der Waals surface area contributed by atoms with Crippen molar-refractivity contribution in [1.29, 1.82) is 0 Å².